The Kier molecular flexibility index (Phi) is 4.91. The number of hydrogen-bond acceptors (Lipinski definition) is 5. The van der Waals surface area contributed by atoms with E-state index in [4.69, 9.17) is 9.47 Å². The highest BCUT2D eigenvalue weighted by Crippen LogP contribution is 2.26. The van der Waals surface area contributed by atoms with E-state index >= 15 is 0 Å². The van der Waals surface area contributed by atoms with Gasteiger partial charge in [0.15, 0.2) is 0 Å². The maximum Gasteiger partial charge on any atom is 0.411 e. The molecule has 1 rings (SSSR count). The van der Waals surface area contributed by atoms with Crippen molar-refractivity contribution in [2.75, 3.05) is 6.61 Å². The van der Waals surface area contributed by atoms with Crippen molar-refractivity contribution in [3.8, 4) is 0 Å². The molecule has 0 aromatic heterocycles. The van der Waals surface area contributed by atoms with Crippen LogP contribution in [0.2, 0.25) is 0 Å². The van der Waals surface area contributed by atoms with E-state index in [1.54, 1.807) is 27.7 Å². The smallest absolute Gasteiger partial charge is 0.411 e. The average Bonchev–Trinajstić information content (AvgIpc) is 2.70. The molecule has 6 heteroatoms. The van der Waals surface area contributed by atoms with Crippen molar-refractivity contribution in [3.63, 3.8) is 0 Å². The van der Waals surface area contributed by atoms with Gasteiger partial charge in [-0.15, -0.1) is 0 Å². The maximum atomic E-state index is 12.1. The van der Waals surface area contributed by atoms with Crippen LogP contribution in [0.15, 0.2) is 0 Å². The molecule has 1 heterocycles. The molecule has 108 valence electrons. The topological polar surface area (TPSA) is 72.9 Å². The Morgan fingerprint density at radius 2 is 1.95 bits per heavy atom. The van der Waals surface area contributed by atoms with Gasteiger partial charge in [0.25, 0.3) is 0 Å². The van der Waals surface area contributed by atoms with Crippen LogP contribution >= 0.6 is 0 Å². The summed E-state index contributed by atoms with van der Waals surface area (Å²) >= 11 is 0. The van der Waals surface area contributed by atoms with Crippen molar-refractivity contribution in [2.45, 2.75) is 58.2 Å². The highest BCUT2D eigenvalue weighted by Gasteiger charge is 2.43. The predicted octanol–water partition coefficient (Wildman–Crippen LogP) is 1.52. The number of hydrogen-bond donors (Lipinski definition) is 0. The lowest BCUT2D eigenvalue weighted by molar-refractivity contribution is -0.160. The zero-order valence-corrected chi connectivity index (χ0v) is 11.8. The molecule has 2 unspecified atom stereocenters. The van der Waals surface area contributed by atoms with Crippen LogP contribution in [0.3, 0.4) is 0 Å². The number of carbonyl (C=O) groups excluding carboxylic acids is 3. The fourth-order valence-electron chi connectivity index (χ4n) is 2.03. The van der Waals surface area contributed by atoms with Crippen LogP contribution in [-0.2, 0) is 19.1 Å². The normalized spacial score (nSPS) is 23.1. The zero-order valence-electron chi connectivity index (χ0n) is 11.8. The standard InChI is InChI=1S/C13H21NO5/c1-5-18-12(17)14-9(8-15)6-7-10(14)11(16)19-13(2,3)4/h8-10H,5-7H2,1-4H3. The Hall–Kier alpha value is -1.59. The molecule has 1 saturated heterocycles. The summed E-state index contributed by atoms with van der Waals surface area (Å²) in [4.78, 5) is 36.0. The van der Waals surface area contributed by atoms with Crippen LogP contribution < -0.4 is 0 Å². The number of ether oxygens (including phenoxy) is 2. The second kappa shape index (κ2) is 6.04. The number of esters is 1. The molecule has 0 N–H and O–H groups in total. The Morgan fingerprint density at radius 3 is 2.42 bits per heavy atom. The minimum atomic E-state index is -0.742. The van der Waals surface area contributed by atoms with Crippen LogP contribution in [0.25, 0.3) is 0 Å². The molecule has 2 atom stereocenters. The van der Waals surface area contributed by atoms with Gasteiger partial charge in [0, 0.05) is 0 Å². The molecule has 19 heavy (non-hydrogen) atoms. The third-order valence-corrected chi connectivity index (χ3v) is 2.74. The van der Waals surface area contributed by atoms with Crippen molar-refractivity contribution in [1.29, 1.82) is 0 Å². The highest BCUT2D eigenvalue weighted by atomic mass is 16.6. The second-order valence-corrected chi connectivity index (χ2v) is 5.44. The van der Waals surface area contributed by atoms with Crippen molar-refractivity contribution >= 4 is 18.3 Å². The Balaban J connectivity index is 2.83. The van der Waals surface area contributed by atoms with Crippen molar-refractivity contribution in [3.05, 3.63) is 0 Å². The van der Waals surface area contributed by atoms with Crippen LogP contribution in [-0.4, -0.2) is 47.5 Å². The summed E-state index contributed by atoms with van der Waals surface area (Å²) in [6, 6.07) is -1.36. The lowest BCUT2D eigenvalue weighted by Gasteiger charge is -2.28. The molecule has 0 spiro atoms. The van der Waals surface area contributed by atoms with E-state index in [9.17, 15) is 14.4 Å². The van der Waals surface area contributed by atoms with Gasteiger partial charge in [-0.25, -0.2) is 9.59 Å². The molecular weight excluding hydrogens is 250 g/mol. The molecule has 1 aliphatic rings. The van der Waals surface area contributed by atoms with Crippen LogP contribution in [0, 0.1) is 0 Å². The van der Waals surface area contributed by atoms with E-state index in [0.717, 1.165) is 0 Å². The number of nitrogens with zero attached hydrogens (tertiary/aromatic N) is 1. The van der Waals surface area contributed by atoms with Crippen molar-refractivity contribution in [1.82, 2.24) is 4.90 Å². The highest BCUT2D eigenvalue weighted by molar-refractivity contribution is 5.85. The number of carbonyl (C=O) groups is 3. The summed E-state index contributed by atoms with van der Waals surface area (Å²) < 4.78 is 10.2. The van der Waals surface area contributed by atoms with Gasteiger partial charge in [0.05, 0.1) is 12.6 Å². The number of aldehydes is 1. The van der Waals surface area contributed by atoms with Crippen LogP contribution in [0.5, 0.6) is 0 Å². The third kappa shape index (κ3) is 3.94. The van der Waals surface area contributed by atoms with E-state index in [1.165, 1.54) is 4.90 Å². The molecular formula is C13H21NO5. The quantitative estimate of drug-likeness (QED) is 0.574. The molecule has 1 amide bonds. The first-order valence-corrected chi connectivity index (χ1v) is 6.43. The van der Waals surface area contributed by atoms with Gasteiger partial charge in [-0.3, -0.25) is 4.90 Å². The average molecular weight is 271 g/mol. The summed E-state index contributed by atoms with van der Waals surface area (Å²) in [6.45, 7) is 7.14. The molecule has 1 aliphatic heterocycles. The maximum absolute atomic E-state index is 12.1. The molecule has 0 aliphatic carbocycles. The van der Waals surface area contributed by atoms with Gasteiger partial charge in [0.2, 0.25) is 0 Å². The summed E-state index contributed by atoms with van der Waals surface area (Å²) in [5, 5.41) is 0. The number of rotatable bonds is 3. The van der Waals surface area contributed by atoms with Crippen molar-refractivity contribution in [2.24, 2.45) is 0 Å². The van der Waals surface area contributed by atoms with Gasteiger partial charge in [0.1, 0.15) is 17.9 Å². The fraction of sp³-hybridized carbons (Fsp3) is 0.769. The van der Waals surface area contributed by atoms with E-state index in [0.29, 0.717) is 19.1 Å². The molecule has 0 aromatic rings. The number of likely N-dealkylation sites (tertiary alicyclic amines) is 1. The van der Waals surface area contributed by atoms with Gasteiger partial charge >= 0.3 is 12.1 Å². The SMILES string of the molecule is CCOC(=O)N1C(C=O)CCC1C(=O)OC(C)(C)C. The first-order valence-electron chi connectivity index (χ1n) is 6.43. The molecule has 0 saturated carbocycles. The lowest BCUT2D eigenvalue weighted by atomic mass is 10.1. The van der Waals surface area contributed by atoms with E-state index in [1.807, 2.05) is 0 Å². The van der Waals surface area contributed by atoms with E-state index < -0.39 is 29.7 Å². The zero-order chi connectivity index (χ0) is 14.6. The minimum absolute atomic E-state index is 0.196. The minimum Gasteiger partial charge on any atom is -0.458 e. The van der Waals surface area contributed by atoms with Crippen molar-refractivity contribution < 1.29 is 23.9 Å². The molecule has 0 aromatic carbocycles. The summed E-state index contributed by atoms with van der Waals surface area (Å²) in [5.74, 6) is -0.495. The predicted molar refractivity (Wildman–Crippen MR) is 67.6 cm³/mol. The van der Waals surface area contributed by atoms with Crippen LogP contribution in [0.4, 0.5) is 4.79 Å². The van der Waals surface area contributed by atoms with E-state index in [2.05, 4.69) is 0 Å². The van der Waals surface area contributed by atoms with Gasteiger partial charge in [-0.2, -0.15) is 0 Å². The fourth-order valence-corrected chi connectivity index (χ4v) is 2.03. The van der Waals surface area contributed by atoms with E-state index in [-0.39, 0.29) is 6.61 Å². The molecule has 0 radical (unpaired) electrons. The Bertz CT molecular complexity index is 361. The van der Waals surface area contributed by atoms with Gasteiger partial charge in [-0.05, 0) is 40.5 Å². The van der Waals surface area contributed by atoms with Gasteiger partial charge < -0.3 is 14.3 Å². The summed E-state index contributed by atoms with van der Waals surface area (Å²) in [5.41, 5.74) is -0.628. The second-order valence-electron chi connectivity index (χ2n) is 5.44. The monoisotopic (exact) mass is 271 g/mol. The largest absolute Gasteiger partial charge is 0.458 e. The Morgan fingerprint density at radius 1 is 1.32 bits per heavy atom. The lowest BCUT2D eigenvalue weighted by Crippen LogP contribution is -2.47. The van der Waals surface area contributed by atoms with Crippen LogP contribution in [0.1, 0.15) is 40.5 Å². The number of amides is 1. The molecule has 6 nitrogen and oxygen atoms in total. The first kappa shape index (κ1) is 15.5. The molecule has 1 fully saturated rings. The first-order chi connectivity index (χ1) is 8.80. The summed E-state index contributed by atoms with van der Waals surface area (Å²) in [6.07, 6.45) is 0.887. The third-order valence-electron chi connectivity index (χ3n) is 2.74. The molecule has 0 bridgehead atoms. The summed E-state index contributed by atoms with van der Waals surface area (Å²) in [7, 11) is 0. The Labute approximate surface area is 113 Å². The van der Waals surface area contributed by atoms with Gasteiger partial charge in [-0.1, -0.05) is 0 Å².